The maximum absolute atomic E-state index is 10.4. The molecule has 1 N–H and O–H groups in total. The van der Waals surface area contributed by atoms with Crippen LogP contribution in [0.15, 0.2) is 61.2 Å². The molecule has 5 heteroatoms. The molecule has 0 aliphatic rings. The molecule has 2 rings (SSSR count). The topological polar surface area (TPSA) is 51.2 Å². The molecule has 0 amide bonds. The van der Waals surface area contributed by atoms with Crippen LogP contribution in [-0.2, 0) is 17.8 Å². The number of nitrogens with zero attached hydrogens (tertiary/aromatic N) is 1. The summed E-state index contributed by atoms with van der Waals surface area (Å²) in [6.45, 7) is 6.13. The number of ether oxygens (including phenoxy) is 3. The molecule has 0 aromatic heterocycles. The van der Waals surface area contributed by atoms with E-state index in [9.17, 15) is 5.11 Å². The van der Waals surface area contributed by atoms with Gasteiger partial charge in [-0.1, -0.05) is 48.5 Å². The summed E-state index contributed by atoms with van der Waals surface area (Å²) < 4.78 is 16.3. The Balaban J connectivity index is 2.15. The first-order chi connectivity index (χ1) is 13.2. The predicted octanol–water partition coefficient (Wildman–Crippen LogP) is 3.27. The molecule has 0 bridgehead atoms. The number of aliphatic hydroxyl groups is 1. The Labute approximate surface area is 161 Å². The van der Waals surface area contributed by atoms with E-state index in [4.69, 9.17) is 14.2 Å². The van der Waals surface area contributed by atoms with Crippen molar-refractivity contribution in [2.45, 2.75) is 19.2 Å². The van der Waals surface area contributed by atoms with Gasteiger partial charge in [0.25, 0.3) is 0 Å². The second kappa shape index (κ2) is 11.4. The van der Waals surface area contributed by atoms with Crippen LogP contribution in [0.25, 0.3) is 0 Å². The highest BCUT2D eigenvalue weighted by molar-refractivity contribution is 5.46. The van der Waals surface area contributed by atoms with Crippen LogP contribution in [0.1, 0.15) is 11.1 Å². The zero-order valence-corrected chi connectivity index (χ0v) is 16.1. The van der Waals surface area contributed by atoms with Crippen molar-refractivity contribution in [2.75, 3.05) is 34.0 Å². The van der Waals surface area contributed by atoms with Crippen LogP contribution in [0.5, 0.6) is 11.5 Å². The molecule has 0 saturated carbocycles. The fourth-order valence-electron chi connectivity index (χ4n) is 2.98. The molecule has 2 aromatic carbocycles. The lowest BCUT2D eigenvalue weighted by molar-refractivity contribution is 0.0227. The number of aliphatic hydroxyl groups excluding tert-OH is 1. The largest absolute Gasteiger partial charge is 0.493 e. The number of rotatable bonds is 12. The summed E-state index contributed by atoms with van der Waals surface area (Å²) >= 11 is 0. The minimum absolute atomic E-state index is 0.270. The number of benzene rings is 2. The molecule has 0 aliphatic heterocycles. The summed E-state index contributed by atoms with van der Waals surface area (Å²) in [7, 11) is 3.27. The molecule has 5 nitrogen and oxygen atoms in total. The van der Waals surface area contributed by atoms with E-state index in [-0.39, 0.29) is 6.61 Å². The Morgan fingerprint density at radius 2 is 1.81 bits per heavy atom. The Morgan fingerprint density at radius 3 is 2.48 bits per heavy atom. The first-order valence-corrected chi connectivity index (χ1v) is 9.00. The van der Waals surface area contributed by atoms with Crippen LogP contribution in [0.2, 0.25) is 0 Å². The fraction of sp³-hybridized carbons (Fsp3) is 0.364. The highest BCUT2D eigenvalue weighted by atomic mass is 16.5. The van der Waals surface area contributed by atoms with E-state index >= 15 is 0 Å². The van der Waals surface area contributed by atoms with Crippen LogP contribution < -0.4 is 9.47 Å². The van der Waals surface area contributed by atoms with Crippen LogP contribution in [0, 0.1) is 0 Å². The van der Waals surface area contributed by atoms with Gasteiger partial charge >= 0.3 is 0 Å². The lowest BCUT2D eigenvalue weighted by atomic mass is 10.1. The van der Waals surface area contributed by atoms with Gasteiger partial charge in [0.2, 0.25) is 0 Å². The maximum atomic E-state index is 10.4. The quantitative estimate of drug-likeness (QED) is 0.458. The van der Waals surface area contributed by atoms with Crippen LogP contribution in [-0.4, -0.2) is 50.1 Å². The SMILES string of the molecule is C=CCOCC(O)CN(Cc1ccccc1)Cc1cccc(OC)c1OC. The van der Waals surface area contributed by atoms with Crippen LogP contribution >= 0.6 is 0 Å². The molecule has 0 saturated heterocycles. The van der Waals surface area contributed by atoms with Gasteiger partial charge in [0.15, 0.2) is 11.5 Å². The van der Waals surface area contributed by atoms with Crippen molar-refractivity contribution in [1.29, 1.82) is 0 Å². The summed E-state index contributed by atoms with van der Waals surface area (Å²) in [6.07, 6.45) is 1.08. The molecule has 0 aliphatic carbocycles. The second-order valence-electron chi connectivity index (χ2n) is 6.29. The van der Waals surface area contributed by atoms with Gasteiger partial charge in [-0.25, -0.2) is 0 Å². The molecule has 0 spiro atoms. The zero-order chi connectivity index (χ0) is 19.5. The van der Waals surface area contributed by atoms with Crippen molar-refractivity contribution in [1.82, 2.24) is 4.90 Å². The van der Waals surface area contributed by atoms with Crippen molar-refractivity contribution in [3.05, 3.63) is 72.3 Å². The Kier molecular flexibility index (Phi) is 8.84. The van der Waals surface area contributed by atoms with Gasteiger partial charge in [0, 0.05) is 25.2 Å². The molecule has 0 fully saturated rings. The van der Waals surface area contributed by atoms with Gasteiger partial charge in [-0.05, 0) is 11.6 Å². The van der Waals surface area contributed by atoms with Gasteiger partial charge < -0.3 is 19.3 Å². The normalized spacial score (nSPS) is 12.0. The summed E-state index contributed by atoms with van der Waals surface area (Å²) in [4.78, 5) is 2.18. The lowest BCUT2D eigenvalue weighted by Gasteiger charge is -2.26. The van der Waals surface area contributed by atoms with Gasteiger partial charge in [-0.2, -0.15) is 0 Å². The van der Waals surface area contributed by atoms with Crippen LogP contribution in [0.3, 0.4) is 0 Å². The van der Waals surface area contributed by atoms with Crippen LogP contribution in [0.4, 0.5) is 0 Å². The Bertz CT molecular complexity index is 690. The second-order valence-corrected chi connectivity index (χ2v) is 6.29. The number of para-hydroxylation sites is 1. The van der Waals surface area contributed by atoms with E-state index in [1.165, 1.54) is 5.56 Å². The summed E-state index contributed by atoms with van der Waals surface area (Å²) in [5.41, 5.74) is 2.19. The van der Waals surface area contributed by atoms with Crippen molar-refractivity contribution in [2.24, 2.45) is 0 Å². The average molecular weight is 371 g/mol. The van der Waals surface area contributed by atoms with E-state index < -0.39 is 6.10 Å². The average Bonchev–Trinajstić information content (AvgIpc) is 2.68. The smallest absolute Gasteiger partial charge is 0.165 e. The fourth-order valence-corrected chi connectivity index (χ4v) is 2.98. The minimum atomic E-state index is -0.592. The summed E-state index contributed by atoms with van der Waals surface area (Å²) in [6, 6.07) is 16.0. The Morgan fingerprint density at radius 1 is 1.04 bits per heavy atom. The number of hydrogen-bond acceptors (Lipinski definition) is 5. The molecule has 146 valence electrons. The molecule has 0 radical (unpaired) electrons. The number of hydrogen-bond donors (Lipinski definition) is 1. The zero-order valence-electron chi connectivity index (χ0n) is 16.1. The third-order valence-corrected chi connectivity index (χ3v) is 4.14. The lowest BCUT2D eigenvalue weighted by Crippen LogP contribution is -2.34. The van der Waals surface area contributed by atoms with Crippen molar-refractivity contribution in [3.8, 4) is 11.5 Å². The molecule has 2 aromatic rings. The van der Waals surface area contributed by atoms with Crippen molar-refractivity contribution >= 4 is 0 Å². The maximum Gasteiger partial charge on any atom is 0.165 e. The van der Waals surface area contributed by atoms with Gasteiger partial charge in [0.05, 0.1) is 33.5 Å². The van der Waals surface area contributed by atoms with E-state index in [2.05, 4.69) is 23.6 Å². The van der Waals surface area contributed by atoms with Crippen molar-refractivity contribution in [3.63, 3.8) is 0 Å². The van der Waals surface area contributed by atoms with Crippen molar-refractivity contribution < 1.29 is 19.3 Å². The molecule has 1 unspecified atom stereocenters. The standard InChI is InChI=1S/C22H29NO4/c1-4-13-27-17-20(24)16-23(14-18-9-6-5-7-10-18)15-19-11-8-12-21(25-2)22(19)26-3/h4-12,20,24H,1,13-17H2,2-3H3. The predicted molar refractivity (Wildman–Crippen MR) is 107 cm³/mol. The van der Waals surface area contributed by atoms with E-state index in [0.717, 1.165) is 11.3 Å². The highest BCUT2D eigenvalue weighted by Gasteiger charge is 2.17. The van der Waals surface area contributed by atoms with E-state index in [0.29, 0.717) is 32.0 Å². The number of methoxy groups -OCH3 is 2. The molecule has 0 heterocycles. The third-order valence-electron chi connectivity index (χ3n) is 4.14. The Hall–Kier alpha value is -2.34. The molecule has 1 atom stereocenters. The first-order valence-electron chi connectivity index (χ1n) is 9.00. The van der Waals surface area contributed by atoms with Gasteiger partial charge in [-0.3, -0.25) is 4.90 Å². The van der Waals surface area contributed by atoms with E-state index in [1.807, 2.05) is 36.4 Å². The molecular formula is C22H29NO4. The monoisotopic (exact) mass is 371 g/mol. The molecule has 27 heavy (non-hydrogen) atoms. The van der Waals surface area contributed by atoms with E-state index in [1.54, 1.807) is 20.3 Å². The molecular weight excluding hydrogens is 342 g/mol. The first kappa shape index (κ1) is 21.0. The van der Waals surface area contributed by atoms with Gasteiger partial charge in [-0.15, -0.1) is 6.58 Å². The highest BCUT2D eigenvalue weighted by Crippen LogP contribution is 2.31. The van der Waals surface area contributed by atoms with Gasteiger partial charge in [0.1, 0.15) is 0 Å². The summed E-state index contributed by atoms with van der Waals surface area (Å²) in [5.74, 6) is 1.42. The summed E-state index contributed by atoms with van der Waals surface area (Å²) in [5, 5.41) is 10.4. The third kappa shape index (κ3) is 6.71. The minimum Gasteiger partial charge on any atom is -0.493 e.